The Morgan fingerprint density at radius 3 is 2.62 bits per heavy atom. The highest BCUT2D eigenvalue weighted by molar-refractivity contribution is 6.43. The summed E-state index contributed by atoms with van der Waals surface area (Å²) in [6, 6.07) is 5.75. The van der Waals surface area contributed by atoms with Gasteiger partial charge in [-0.25, -0.2) is 0 Å². The molecule has 0 aliphatic carbocycles. The third-order valence-electron chi connectivity index (χ3n) is 3.94. The summed E-state index contributed by atoms with van der Waals surface area (Å²) in [5, 5.41) is 14.0. The molecule has 2 fully saturated rings. The lowest BCUT2D eigenvalue weighted by Gasteiger charge is -2.36. The van der Waals surface area contributed by atoms with Gasteiger partial charge >= 0.3 is 0 Å². The standard InChI is InChI=1S/C15H19Cl2N3O/c16-13-2-1-3-14(15(13)17)20-6-4-19(5-7-20)10-11-8-12(21)9-18-11/h1-3,10,12,18,21H,4-9H2/t12-/m1/s1. The fourth-order valence-electron chi connectivity index (χ4n) is 2.79. The number of hydrogen-bond acceptors (Lipinski definition) is 4. The molecule has 1 aromatic rings. The predicted molar refractivity (Wildman–Crippen MR) is 87.0 cm³/mol. The maximum absolute atomic E-state index is 9.52. The zero-order valence-electron chi connectivity index (χ0n) is 11.7. The first-order valence-corrected chi connectivity index (χ1v) is 7.95. The average molecular weight is 328 g/mol. The van der Waals surface area contributed by atoms with Crippen molar-refractivity contribution in [3.8, 4) is 0 Å². The van der Waals surface area contributed by atoms with Crippen LogP contribution in [0.3, 0.4) is 0 Å². The molecule has 0 bridgehead atoms. The Labute approximate surface area is 134 Å². The molecule has 2 aliphatic heterocycles. The first-order chi connectivity index (χ1) is 10.1. The van der Waals surface area contributed by atoms with E-state index in [0.717, 1.165) is 44.0 Å². The maximum atomic E-state index is 9.52. The lowest BCUT2D eigenvalue weighted by atomic mass is 10.2. The third kappa shape index (κ3) is 3.39. The SMILES string of the molecule is O[C@H]1CNC(=CN2CCN(c3cccc(Cl)c3Cl)CC2)C1. The molecule has 114 valence electrons. The molecule has 4 nitrogen and oxygen atoms in total. The molecule has 21 heavy (non-hydrogen) atoms. The Hall–Kier alpha value is -1.10. The topological polar surface area (TPSA) is 38.7 Å². The smallest absolute Gasteiger partial charge is 0.0825 e. The average Bonchev–Trinajstić information content (AvgIpc) is 2.88. The molecule has 0 amide bonds. The van der Waals surface area contributed by atoms with Crippen LogP contribution in [0.25, 0.3) is 0 Å². The van der Waals surface area contributed by atoms with Crippen molar-refractivity contribution in [3.63, 3.8) is 0 Å². The van der Waals surface area contributed by atoms with E-state index in [2.05, 4.69) is 21.3 Å². The second-order valence-corrected chi connectivity index (χ2v) is 6.27. The number of nitrogens with one attached hydrogen (secondary N) is 1. The summed E-state index contributed by atoms with van der Waals surface area (Å²) < 4.78 is 0. The number of hydrogen-bond donors (Lipinski definition) is 2. The van der Waals surface area contributed by atoms with Gasteiger partial charge in [0.25, 0.3) is 0 Å². The Bertz CT molecular complexity index is 542. The van der Waals surface area contributed by atoms with Crippen LogP contribution in [-0.2, 0) is 0 Å². The van der Waals surface area contributed by atoms with Crippen LogP contribution in [0.1, 0.15) is 6.42 Å². The molecular weight excluding hydrogens is 309 g/mol. The minimum Gasteiger partial charge on any atom is -0.391 e. The molecule has 1 atom stereocenters. The van der Waals surface area contributed by atoms with Crippen molar-refractivity contribution in [2.24, 2.45) is 0 Å². The summed E-state index contributed by atoms with van der Waals surface area (Å²) in [5.74, 6) is 0. The van der Waals surface area contributed by atoms with Gasteiger partial charge in [-0.2, -0.15) is 0 Å². The minimum absolute atomic E-state index is 0.247. The molecule has 6 heteroatoms. The van der Waals surface area contributed by atoms with Crippen LogP contribution in [0.5, 0.6) is 0 Å². The molecule has 2 N–H and O–H groups in total. The summed E-state index contributed by atoms with van der Waals surface area (Å²) in [6.45, 7) is 4.34. The molecule has 2 saturated heterocycles. The quantitative estimate of drug-likeness (QED) is 0.874. The zero-order valence-corrected chi connectivity index (χ0v) is 13.2. The molecule has 0 saturated carbocycles. The van der Waals surface area contributed by atoms with E-state index in [0.29, 0.717) is 16.6 Å². The predicted octanol–water partition coefficient (Wildman–Crippen LogP) is 2.31. The lowest BCUT2D eigenvalue weighted by molar-refractivity contribution is 0.198. The molecule has 2 heterocycles. The Morgan fingerprint density at radius 1 is 1.19 bits per heavy atom. The summed E-state index contributed by atoms with van der Waals surface area (Å²) in [6.07, 6.45) is 2.61. The van der Waals surface area contributed by atoms with Crippen molar-refractivity contribution < 1.29 is 5.11 Å². The van der Waals surface area contributed by atoms with E-state index in [1.54, 1.807) is 0 Å². The van der Waals surface area contributed by atoms with E-state index in [1.165, 1.54) is 0 Å². The highest BCUT2D eigenvalue weighted by Gasteiger charge is 2.20. The monoisotopic (exact) mass is 327 g/mol. The summed E-state index contributed by atoms with van der Waals surface area (Å²) in [5.41, 5.74) is 2.13. The highest BCUT2D eigenvalue weighted by atomic mass is 35.5. The molecule has 0 radical (unpaired) electrons. The van der Waals surface area contributed by atoms with E-state index in [9.17, 15) is 5.11 Å². The second kappa shape index (κ2) is 6.34. The lowest BCUT2D eigenvalue weighted by Crippen LogP contribution is -2.44. The van der Waals surface area contributed by atoms with Gasteiger partial charge in [-0.05, 0) is 12.1 Å². The number of aliphatic hydroxyl groups is 1. The largest absolute Gasteiger partial charge is 0.391 e. The molecule has 3 rings (SSSR count). The normalized spacial score (nSPS) is 24.5. The van der Waals surface area contributed by atoms with Gasteiger partial charge in [-0.3, -0.25) is 0 Å². The van der Waals surface area contributed by atoms with Gasteiger partial charge in [0.15, 0.2) is 0 Å². The van der Waals surface area contributed by atoms with E-state index < -0.39 is 0 Å². The van der Waals surface area contributed by atoms with Crippen LogP contribution in [0, 0.1) is 0 Å². The molecule has 0 aromatic heterocycles. The van der Waals surface area contributed by atoms with Gasteiger partial charge in [0.2, 0.25) is 0 Å². The number of anilines is 1. The van der Waals surface area contributed by atoms with Crippen molar-refractivity contribution >= 4 is 28.9 Å². The Morgan fingerprint density at radius 2 is 1.95 bits per heavy atom. The maximum Gasteiger partial charge on any atom is 0.0825 e. The second-order valence-electron chi connectivity index (χ2n) is 5.49. The van der Waals surface area contributed by atoms with Crippen LogP contribution in [0.2, 0.25) is 10.0 Å². The van der Waals surface area contributed by atoms with Gasteiger partial charge in [-0.1, -0.05) is 29.3 Å². The Balaban J connectivity index is 1.61. The number of halogens is 2. The number of rotatable bonds is 2. The van der Waals surface area contributed by atoms with Gasteiger partial charge in [0.05, 0.1) is 21.8 Å². The van der Waals surface area contributed by atoms with Gasteiger partial charge < -0.3 is 20.2 Å². The van der Waals surface area contributed by atoms with Crippen LogP contribution in [-0.4, -0.2) is 48.8 Å². The number of β-amino-alcohol motifs (C(OH)–C–C–N with tert-alkyl or cyclic N) is 1. The summed E-state index contributed by atoms with van der Waals surface area (Å²) in [7, 11) is 0. The third-order valence-corrected chi connectivity index (χ3v) is 4.75. The van der Waals surface area contributed by atoms with Crippen LogP contribution in [0.4, 0.5) is 5.69 Å². The number of piperazine rings is 1. The number of aliphatic hydroxyl groups excluding tert-OH is 1. The molecular formula is C15H19Cl2N3O. The molecule has 0 spiro atoms. The van der Waals surface area contributed by atoms with Crippen LogP contribution >= 0.6 is 23.2 Å². The van der Waals surface area contributed by atoms with Crippen molar-refractivity contribution in [2.45, 2.75) is 12.5 Å². The van der Waals surface area contributed by atoms with E-state index in [1.807, 2.05) is 18.2 Å². The van der Waals surface area contributed by atoms with Crippen molar-refractivity contribution in [1.82, 2.24) is 10.2 Å². The summed E-state index contributed by atoms with van der Waals surface area (Å²) >= 11 is 12.4. The highest BCUT2D eigenvalue weighted by Crippen LogP contribution is 2.32. The minimum atomic E-state index is -0.247. The first kappa shape index (κ1) is 14.8. The molecule has 1 aromatic carbocycles. The Kier molecular flexibility index (Phi) is 4.48. The fraction of sp³-hybridized carbons (Fsp3) is 0.467. The van der Waals surface area contributed by atoms with Gasteiger partial charge in [-0.15, -0.1) is 0 Å². The number of nitrogens with zero attached hydrogens (tertiary/aromatic N) is 2. The summed E-state index contributed by atoms with van der Waals surface area (Å²) in [4.78, 5) is 4.55. The van der Waals surface area contributed by atoms with E-state index in [-0.39, 0.29) is 6.10 Å². The van der Waals surface area contributed by atoms with Gasteiger partial charge in [0, 0.05) is 51.0 Å². The van der Waals surface area contributed by atoms with Crippen LogP contribution < -0.4 is 10.2 Å². The van der Waals surface area contributed by atoms with Crippen molar-refractivity contribution in [3.05, 3.63) is 40.1 Å². The zero-order chi connectivity index (χ0) is 14.8. The number of benzene rings is 1. The van der Waals surface area contributed by atoms with Crippen molar-refractivity contribution in [2.75, 3.05) is 37.6 Å². The van der Waals surface area contributed by atoms with E-state index >= 15 is 0 Å². The van der Waals surface area contributed by atoms with E-state index in [4.69, 9.17) is 23.2 Å². The fourth-order valence-corrected chi connectivity index (χ4v) is 3.21. The molecule has 0 unspecified atom stereocenters. The molecule has 2 aliphatic rings. The first-order valence-electron chi connectivity index (χ1n) is 7.19. The van der Waals surface area contributed by atoms with Crippen molar-refractivity contribution in [1.29, 1.82) is 0 Å². The van der Waals surface area contributed by atoms with Crippen LogP contribution in [0.15, 0.2) is 30.1 Å². The van der Waals surface area contributed by atoms with Gasteiger partial charge in [0.1, 0.15) is 0 Å².